The van der Waals surface area contributed by atoms with Gasteiger partial charge in [-0.1, -0.05) is 44.2 Å². The molecule has 1 aromatic carbocycles. The van der Waals surface area contributed by atoms with Crippen LogP contribution in [0.3, 0.4) is 0 Å². The highest BCUT2D eigenvalue weighted by Gasteiger charge is 2.45. The highest BCUT2D eigenvalue weighted by molar-refractivity contribution is 6.05. The van der Waals surface area contributed by atoms with E-state index >= 15 is 0 Å². The molecule has 6 nitrogen and oxygen atoms in total. The summed E-state index contributed by atoms with van der Waals surface area (Å²) in [5.41, 5.74) is 0.0839. The SMILES string of the molecule is CC.CCOC(=O)C(O)(Cc1ccccc1)C(=O)NN. The Morgan fingerprint density at radius 1 is 1.30 bits per heavy atom. The molecule has 1 unspecified atom stereocenters. The minimum Gasteiger partial charge on any atom is -0.463 e. The van der Waals surface area contributed by atoms with Crippen LogP contribution in [0.15, 0.2) is 30.3 Å². The number of carbonyl (C=O) groups excluding carboxylic acids is 2. The van der Waals surface area contributed by atoms with Crippen molar-refractivity contribution in [2.45, 2.75) is 32.8 Å². The normalized spacial score (nSPS) is 12.4. The Labute approximate surface area is 118 Å². The predicted octanol–water partition coefficient (Wildman–Crippen LogP) is 0.539. The van der Waals surface area contributed by atoms with Gasteiger partial charge in [-0.15, -0.1) is 0 Å². The molecule has 0 radical (unpaired) electrons. The first-order valence-electron chi connectivity index (χ1n) is 6.49. The number of aliphatic hydroxyl groups is 1. The van der Waals surface area contributed by atoms with Gasteiger partial charge in [0.1, 0.15) is 0 Å². The summed E-state index contributed by atoms with van der Waals surface area (Å²) in [5.74, 6) is 2.97. The summed E-state index contributed by atoms with van der Waals surface area (Å²) in [7, 11) is 0. The smallest absolute Gasteiger partial charge is 0.348 e. The minimum atomic E-state index is -2.31. The van der Waals surface area contributed by atoms with Crippen molar-refractivity contribution in [3.63, 3.8) is 0 Å². The van der Waals surface area contributed by atoms with Crippen LogP contribution in [0, 0.1) is 0 Å². The third-order valence-corrected chi connectivity index (χ3v) is 2.42. The largest absolute Gasteiger partial charge is 0.463 e. The quantitative estimate of drug-likeness (QED) is 0.240. The van der Waals surface area contributed by atoms with Gasteiger partial charge in [0, 0.05) is 6.42 Å². The van der Waals surface area contributed by atoms with Crippen molar-refractivity contribution < 1.29 is 19.4 Å². The lowest BCUT2D eigenvalue weighted by atomic mass is 9.94. The first-order chi connectivity index (χ1) is 9.54. The van der Waals surface area contributed by atoms with Crippen LogP contribution >= 0.6 is 0 Å². The van der Waals surface area contributed by atoms with E-state index in [2.05, 4.69) is 0 Å². The van der Waals surface area contributed by atoms with E-state index in [0.717, 1.165) is 0 Å². The van der Waals surface area contributed by atoms with Gasteiger partial charge in [-0.3, -0.25) is 10.2 Å². The maximum absolute atomic E-state index is 11.7. The second-order valence-electron chi connectivity index (χ2n) is 3.72. The van der Waals surface area contributed by atoms with Crippen LogP contribution < -0.4 is 11.3 Å². The number of ether oxygens (including phenoxy) is 1. The number of benzene rings is 1. The molecule has 0 saturated heterocycles. The number of nitrogens with one attached hydrogen (secondary N) is 1. The number of hydrazine groups is 1. The van der Waals surface area contributed by atoms with Gasteiger partial charge in [-0.2, -0.15) is 0 Å². The Balaban J connectivity index is 0.00000172. The van der Waals surface area contributed by atoms with E-state index in [-0.39, 0.29) is 13.0 Å². The Hall–Kier alpha value is -1.92. The van der Waals surface area contributed by atoms with Gasteiger partial charge in [0.05, 0.1) is 6.61 Å². The molecule has 1 amide bonds. The highest BCUT2D eigenvalue weighted by atomic mass is 16.5. The summed E-state index contributed by atoms with van der Waals surface area (Å²) in [5, 5.41) is 10.2. The van der Waals surface area contributed by atoms with E-state index < -0.39 is 17.5 Å². The molecule has 1 aromatic rings. The number of rotatable bonds is 5. The maximum Gasteiger partial charge on any atom is 0.348 e. The zero-order valence-corrected chi connectivity index (χ0v) is 12.1. The van der Waals surface area contributed by atoms with Gasteiger partial charge in [0.25, 0.3) is 5.91 Å². The van der Waals surface area contributed by atoms with Gasteiger partial charge in [-0.05, 0) is 12.5 Å². The van der Waals surface area contributed by atoms with Crippen LogP contribution in [0.2, 0.25) is 0 Å². The van der Waals surface area contributed by atoms with E-state index in [1.54, 1.807) is 42.7 Å². The van der Waals surface area contributed by atoms with Crippen LogP contribution in [0.4, 0.5) is 0 Å². The monoisotopic (exact) mass is 282 g/mol. The summed E-state index contributed by atoms with van der Waals surface area (Å²) in [4.78, 5) is 23.2. The molecular weight excluding hydrogens is 260 g/mol. The molecule has 0 aliphatic rings. The average molecular weight is 282 g/mol. The van der Waals surface area contributed by atoms with Gasteiger partial charge in [0.15, 0.2) is 0 Å². The highest BCUT2D eigenvalue weighted by Crippen LogP contribution is 2.16. The summed E-state index contributed by atoms with van der Waals surface area (Å²) in [6.45, 7) is 5.65. The Kier molecular flexibility index (Phi) is 8.19. The number of hydrogen-bond donors (Lipinski definition) is 3. The molecule has 6 heteroatoms. The summed E-state index contributed by atoms with van der Waals surface area (Å²) in [6.07, 6.45) is -0.199. The summed E-state index contributed by atoms with van der Waals surface area (Å²) in [6, 6.07) is 8.64. The second kappa shape index (κ2) is 9.06. The number of hydrogen-bond acceptors (Lipinski definition) is 5. The molecule has 0 heterocycles. The topological polar surface area (TPSA) is 102 Å². The molecule has 0 aliphatic carbocycles. The molecule has 0 aliphatic heterocycles. The van der Waals surface area contributed by atoms with Gasteiger partial charge in [0.2, 0.25) is 5.60 Å². The van der Waals surface area contributed by atoms with Crippen LogP contribution in [0.5, 0.6) is 0 Å². The fourth-order valence-corrected chi connectivity index (χ4v) is 1.51. The van der Waals surface area contributed by atoms with Gasteiger partial charge < -0.3 is 9.84 Å². The van der Waals surface area contributed by atoms with Crippen molar-refractivity contribution in [1.29, 1.82) is 0 Å². The molecule has 0 spiro atoms. The van der Waals surface area contributed by atoms with E-state index in [9.17, 15) is 14.7 Å². The van der Waals surface area contributed by atoms with Gasteiger partial charge >= 0.3 is 5.97 Å². The first-order valence-corrected chi connectivity index (χ1v) is 6.49. The van der Waals surface area contributed by atoms with Crippen LogP contribution in [0.25, 0.3) is 0 Å². The van der Waals surface area contributed by atoms with Crippen molar-refractivity contribution in [2.24, 2.45) is 5.84 Å². The molecule has 0 saturated carbocycles. The predicted molar refractivity (Wildman–Crippen MR) is 75.4 cm³/mol. The maximum atomic E-state index is 11.7. The zero-order valence-electron chi connectivity index (χ0n) is 12.1. The number of amides is 1. The number of carbonyl (C=O) groups is 2. The van der Waals surface area contributed by atoms with Crippen molar-refractivity contribution in [3.05, 3.63) is 35.9 Å². The fraction of sp³-hybridized carbons (Fsp3) is 0.429. The number of nitrogens with two attached hydrogens (primary N) is 1. The molecule has 112 valence electrons. The molecule has 0 fully saturated rings. The van der Waals surface area contributed by atoms with Crippen LogP contribution in [-0.4, -0.2) is 29.2 Å². The minimum absolute atomic E-state index is 0.0633. The zero-order chi connectivity index (χ0) is 15.6. The third-order valence-electron chi connectivity index (χ3n) is 2.42. The summed E-state index contributed by atoms with van der Waals surface area (Å²) < 4.78 is 4.70. The van der Waals surface area contributed by atoms with Crippen molar-refractivity contribution in [2.75, 3.05) is 6.61 Å². The lowest BCUT2D eigenvalue weighted by Gasteiger charge is -2.23. The summed E-state index contributed by atoms with van der Waals surface area (Å²) >= 11 is 0. The molecule has 20 heavy (non-hydrogen) atoms. The molecule has 1 rings (SSSR count). The molecular formula is C14H22N2O4. The number of esters is 1. The third kappa shape index (κ3) is 4.64. The Bertz CT molecular complexity index is 422. The molecule has 4 N–H and O–H groups in total. The lowest BCUT2D eigenvalue weighted by Crippen LogP contribution is -2.56. The lowest BCUT2D eigenvalue weighted by molar-refractivity contribution is -0.171. The molecule has 1 atom stereocenters. The Morgan fingerprint density at radius 2 is 1.85 bits per heavy atom. The van der Waals surface area contributed by atoms with E-state index in [1.807, 2.05) is 13.8 Å². The van der Waals surface area contributed by atoms with Crippen molar-refractivity contribution >= 4 is 11.9 Å². The van der Waals surface area contributed by atoms with Crippen LogP contribution in [-0.2, 0) is 20.7 Å². The van der Waals surface area contributed by atoms with Crippen LogP contribution in [0.1, 0.15) is 26.3 Å². The van der Waals surface area contributed by atoms with E-state index in [0.29, 0.717) is 5.56 Å². The molecule has 0 bridgehead atoms. The van der Waals surface area contributed by atoms with E-state index in [1.165, 1.54) is 0 Å². The van der Waals surface area contributed by atoms with Crippen molar-refractivity contribution in [1.82, 2.24) is 5.43 Å². The first kappa shape index (κ1) is 18.1. The van der Waals surface area contributed by atoms with Gasteiger partial charge in [-0.25, -0.2) is 10.6 Å². The second-order valence-corrected chi connectivity index (χ2v) is 3.72. The fourth-order valence-electron chi connectivity index (χ4n) is 1.51. The van der Waals surface area contributed by atoms with E-state index in [4.69, 9.17) is 10.6 Å². The molecule has 0 aromatic heterocycles. The van der Waals surface area contributed by atoms with Crippen molar-refractivity contribution in [3.8, 4) is 0 Å². The average Bonchev–Trinajstić information content (AvgIpc) is 2.49. The Morgan fingerprint density at radius 3 is 2.30 bits per heavy atom. The standard InChI is InChI=1S/C12H16N2O4.C2H6/c1-2-18-11(16)12(17,10(15)14-13)8-9-6-4-3-5-7-9;1-2/h3-7,17H,2,8,13H2,1H3,(H,14,15);1-2H3.